The summed E-state index contributed by atoms with van der Waals surface area (Å²) in [6.45, 7) is 2.42. The topological polar surface area (TPSA) is 20.2 Å². The minimum atomic E-state index is 0.136. The summed E-state index contributed by atoms with van der Waals surface area (Å²) in [5, 5.41) is 9.35. The second-order valence-corrected chi connectivity index (χ2v) is 7.10. The van der Waals surface area contributed by atoms with Gasteiger partial charge < -0.3 is 5.11 Å². The molecule has 1 aromatic rings. The number of rotatable bonds is 2. The van der Waals surface area contributed by atoms with Gasteiger partial charge in [0.2, 0.25) is 0 Å². The molecule has 0 atom stereocenters. The lowest BCUT2D eigenvalue weighted by Gasteiger charge is -2.34. The molecule has 82 valence electrons. The van der Waals surface area contributed by atoms with Crippen molar-refractivity contribution in [2.75, 3.05) is 11.5 Å². The Labute approximate surface area is 99.7 Å². The summed E-state index contributed by atoms with van der Waals surface area (Å²) in [6.07, 6.45) is 1.30. The van der Waals surface area contributed by atoms with Crippen LogP contribution in [0.3, 0.4) is 0 Å². The summed E-state index contributed by atoms with van der Waals surface area (Å²) in [5.74, 6) is 2.45. The van der Waals surface area contributed by atoms with Crippen LogP contribution in [-0.4, -0.2) is 16.6 Å². The van der Waals surface area contributed by atoms with Gasteiger partial charge in [0, 0.05) is 0 Å². The van der Waals surface area contributed by atoms with E-state index in [1.807, 2.05) is 35.7 Å². The fraction of sp³-hybridized carbons (Fsp3) is 0.500. The molecule has 0 aromatic heterocycles. The summed E-state index contributed by atoms with van der Waals surface area (Å²) in [7, 11) is 0. The highest BCUT2D eigenvalue weighted by atomic mass is 32.2. The van der Waals surface area contributed by atoms with Crippen molar-refractivity contribution in [3.8, 4) is 0 Å². The van der Waals surface area contributed by atoms with Crippen LogP contribution in [0, 0.1) is 0 Å². The molecular weight excluding hydrogens is 224 g/mol. The number of aliphatic hydroxyl groups is 1. The number of hydrogen-bond donors (Lipinski definition) is 1. The van der Waals surface area contributed by atoms with Crippen LogP contribution in [0.1, 0.15) is 24.5 Å². The Bertz CT molecular complexity index is 332. The summed E-state index contributed by atoms with van der Waals surface area (Å²) in [4.78, 5) is 0. The van der Waals surface area contributed by atoms with Gasteiger partial charge in [-0.1, -0.05) is 24.3 Å². The predicted molar refractivity (Wildman–Crippen MR) is 69.2 cm³/mol. The fourth-order valence-corrected chi connectivity index (χ4v) is 4.97. The van der Waals surface area contributed by atoms with Gasteiger partial charge in [0.25, 0.3) is 0 Å². The molecule has 0 bridgehead atoms. The van der Waals surface area contributed by atoms with E-state index in [0.29, 0.717) is 0 Å². The van der Waals surface area contributed by atoms with Gasteiger partial charge in [-0.25, -0.2) is 0 Å². The number of thioether (sulfide) groups is 2. The lowest BCUT2D eigenvalue weighted by atomic mass is 10.1. The lowest BCUT2D eigenvalue weighted by Crippen LogP contribution is -2.20. The predicted octanol–water partition coefficient (Wildman–Crippen LogP) is 3.22. The van der Waals surface area contributed by atoms with Gasteiger partial charge in [0.05, 0.1) is 10.7 Å². The molecule has 1 aliphatic heterocycles. The standard InChI is InChI=1S/C12H16OS2/c1-12(14-7-4-8-15-12)11-6-3-2-5-10(11)9-13/h2-3,5-6,13H,4,7-9H2,1H3. The zero-order chi connectivity index (χ0) is 10.7. The SMILES string of the molecule is CC1(c2ccccc2CO)SCCCS1. The van der Waals surface area contributed by atoms with Crippen LogP contribution in [-0.2, 0) is 10.7 Å². The molecule has 1 fully saturated rings. The zero-order valence-electron chi connectivity index (χ0n) is 8.90. The van der Waals surface area contributed by atoms with Crippen molar-refractivity contribution in [2.45, 2.75) is 24.0 Å². The Morgan fingerprint density at radius 3 is 2.60 bits per heavy atom. The lowest BCUT2D eigenvalue weighted by molar-refractivity contribution is 0.280. The first-order valence-electron chi connectivity index (χ1n) is 5.23. The van der Waals surface area contributed by atoms with Gasteiger partial charge in [-0.3, -0.25) is 0 Å². The Morgan fingerprint density at radius 1 is 1.27 bits per heavy atom. The Hall–Kier alpha value is -0.120. The first-order valence-corrected chi connectivity index (χ1v) is 7.20. The normalized spacial score (nSPS) is 20.1. The molecule has 0 radical (unpaired) electrons. The van der Waals surface area contributed by atoms with E-state index in [-0.39, 0.29) is 10.7 Å². The highest BCUT2D eigenvalue weighted by molar-refractivity contribution is 8.18. The van der Waals surface area contributed by atoms with Crippen LogP contribution >= 0.6 is 23.5 Å². The van der Waals surface area contributed by atoms with E-state index >= 15 is 0 Å². The summed E-state index contributed by atoms with van der Waals surface area (Å²) in [5.41, 5.74) is 2.36. The van der Waals surface area contributed by atoms with Crippen molar-refractivity contribution in [2.24, 2.45) is 0 Å². The van der Waals surface area contributed by atoms with E-state index in [1.54, 1.807) is 0 Å². The Balaban J connectivity index is 2.34. The van der Waals surface area contributed by atoms with Crippen LogP contribution in [0.25, 0.3) is 0 Å². The second-order valence-electron chi connectivity index (χ2n) is 3.81. The van der Waals surface area contributed by atoms with Crippen molar-refractivity contribution in [1.29, 1.82) is 0 Å². The van der Waals surface area contributed by atoms with E-state index in [2.05, 4.69) is 19.1 Å². The van der Waals surface area contributed by atoms with Crippen LogP contribution in [0.5, 0.6) is 0 Å². The van der Waals surface area contributed by atoms with Gasteiger partial charge >= 0.3 is 0 Å². The second kappa shape index (κ2) is 4.81. The van der Waals surface area contributed by atoms with Crippen molar-refractivity contribution in [1.82, 2.24) is 0 Å². The maximum atomic E-state index is 9.35. The smallest absolute Gasteiger partial charge is 0.0835 e. The van der Waals surface area contributed by atoms with Crippen LogP contribution in [0.4, 0.5) is 0 Å². The Morgan fingerprint density at radius 2 is 1.93 bits per heavy atom. The highest BCUT2D eigenvalue weighted by Crippen LogP contribution is 2.50. The molecule has 1 aliphatic rings. The molecule has 3 heteroatoms. The molecule has 1 aromatic carbocycles. The molecule has 0 unspecified atom stereocenters. The van der Waals surface area contributed by atoms with Crippen LogP contribution < -0.4 is 0 Å². The maximum Gasteiger partial charge on any atom is 0.0835 e. The van der Waals surface area contributed by atoms with E-state index in [0.717, 1.165) is 5.56 Å². The first-order chi connectivity index (χ1) is 7.26. The molecule has 2 rings (SSSR count). The average molecular weight is 240 g/mol. The van der Waals surface area contributed by atoms with Crippen molar-refractivity contribution in [3.05, 3.63) is 35.4 Å². The summed E-state index contributed by atoms with van der Waals surface area (Å²) < 4.78 is 0.136. The van der Waals surface area contributed by atoms with Gasteiger partial charge in [-0.05, 0) is 36.0 Å². The summed E-state index contributed by atoms with van der Waals surface area (Å²) >= 11 is 4.00. The molecular formula is C12H16OS2. The minimum Gasteiger partial charge on any atom is -0.392 e. The number of benzene rings is 1. The monoisotopic (exact) mass is 240 g/mol. The van der Waals surface area contributed by atoms with E-state index < -0.39 is 0 Å². The van der Waals surface area contributed by atoms with Gasteiger partial charge in [0.1, 0.15) is 0 Å². The quantitative estimate of drug-likeness (QED) is 0.857. The minimum absolute atomic E-state index is 0.136. The van der Waals surface area contributed by atoms with Gasteiger partial charge in [0.15, 0.2) is 0 Å². The molecule has 0 aliphatic carbocycles. The van der Waals surface area contributed by atoms with Crippen molar-refractivity contribution < 1.29 is 5.11 Å². The van der Waals surface area contributed by atoms with Crippen molar-refractivity contribution >= 4 is 23.5 Å². The molecule has 1 nitrogen and oxygen atoms in total. The van der Waals surface area contributed by atoms with Gasteiger partial charge in [-0.2, -0.15) is 0 Å². The molecule has 0 saturated carbocycles. The third-order valence-corrected chi connectivity index (χ3v) is 5.95. The third kappa shape index (κ3) is 2.35. The highest BCUT2D eigenvalue weighted by Gasteiger charge is 2.31. The average Bonchev–Trinajstić information content (AvgIpc) is 2.30. The first kappa shape index (κ1) is 11.4. The van der Waals surface area contributed by atoms with Crippen molar-refractivity contribution in [3.63, 3.8) is 0 Å². The number of aliphatic hydroxyl groups excluding tert-OH is 1. The molecule has 0 spiro atoms. The van der Waals surface area contributed by atoms with Gasteiger partial charge in [-0.15, -0.1) is 23.5 Å². The maximum absolute atomic E-state index is 9.35. The van der Waals surface area contributed by atoms with E-state index in [9.17, 15) is 5.11 Å². The largest absolute Gasteiger partial charge is 0.392 e. The van der Waals surface area contributed by atoms with E-state index in [1.165, 1.54) is 23.5 Å². The zero-order valence-corrected chi connectivity index (χ0v) is 10.5. The summed E-state index contributed by atoms with van der Waals surface area (Å²) in [6, 6.07) is 8.24. The van der Waals surface area contributed by atoms with Crippen LogP contribution in [0.15, 0.2) is 24.3 Å². The van der Waals surface area contributed by atoms with Crippen LogP contribution in [0.2, 0.25) is 0 Å². The Kier molecular flexibility index (Phi) is 3.65. The van der Waals surface area contributed by atoms with E-state index in [4.69, 9.17) is 0 Å². The molecule has 1 saturated heterocycles. The number of hydrogen-bond acceptors (Lipinski definition) is 3. The molecule has 0 amide bonds. The molecule has 15 heavy (non-hydrogen) atoms. The third-order valence-electron chi connectivity index (χ3n) is 2.72. The molecule has 1 heterocycles. The molecule has 1 N–H and O–H groups in total. The fourth-order valence-electron chi connectivity index (χ4n) is 1.89.